The number of benzene rings is 1. The number of carboxylic acid groups (broad SMARTS) is 1. The van der Waals surface area contributed by atoms with Gasteiger partial charge in [0.2, 0.25) is 0 Å². The number of aromatic hydroxyl groups is 1. The second-order valence-electron chi connectivity index (χ2n) is 3.30. The molecule has 0 fully saturated rings. The Hall–Kier alpha value is -1.77. The predicted molar refractivity (Wildman–Crippen MR) is 59.0 cm³/mol. The Bertz CT molecular complexity index is 405. The van der Waals surface area contributed by atoms with Gasteiger partial charge in [-0.1, -0.05) is 25.1 Å². The van der Waals surface area contributed by atoms with Crippen LogP contribution in [-0.2, 0) is 0 Å². The molecule has 1 aromatic carbocycles. The van der Waals surface area contributed by atoms with Crippen molar-refractivity contribution in [1.82, 2.24) is 0 Å². The van der Waals surface area contributed by atoms with Crippen LogP contribution in [0.3, 0.4) is 0 Å². The standard InChI is InChI=1S/C12H14O3/c1-3-5-8(2)9-6-4-7-10(11(9)13)12(14)15/h4-7,13H,3H2,1-2H3,(H,14,15). The predicted octanol–water partition coefficient (Wildman–Crippen LogP) is 2.90. The lowest BCUT2D eigenvalue weighted by Gasteiger charge is -2.07. The molecule has 1 aromatic rings. The average Bonchev–Trinajstić information content (AvgIpc) is 2.17. The zero-order chi connectivity index (χ0) is 11.4. The zero-order valence-corrected chi connectivity index (χ0v) is 8.82. The molecule has 0 spiro atoms. The minimum absolute atomic E-state index is 0.0589. The van der Waals surface area contributed by atoms with Gasteiger partial charge in [-0.25, -0.2) is 4.79 Å². The molecule has 2 N–H and O–H groups in total. The summed E-state index contributed by atoms with van der Waals surface area (Å²) in [6.45, 7) is 3.84. The van der Waals surface area contributed by atoms with Gasteiger partial charge in [-0.2, -0.15) is 0 Å². The van der Waals surface area contributed by atoms with Gasteiger partial charge in [0.25, 0.3) is 0 Å². The van der Waals surface area contributed by atoms with Gasteiger partial charge < -0.3 is 10.2 Å². The van der Waals surface area contributed by atoms with Crippen LogP contribution in [0, 0.1) is 0 Å². The molecule has 0 aliphatic rings. The molecule has 80 valence electrons. The number of rotatable bonds is 3. The SMILES string of the molecule is CCC=C(C)c1cccc(C(=O)O)c1O. The fourth-order valence-corrected chi connectivity index (χ4v) is 1.45. The molecule has 0 saturated heterocycles. The Morgan fingerprint density at radius 1 is 1.40 bits per heavy atom. The molecule has 0 heterocycles. The Morgan fingerprint density at radius 3 is 2.53 bits per heavy atom. The second kappa shape index (κ2) is 4.64. The van der Waals surface area contributed by atoms with Crippen molar-refractivity contribution in [2.45, 2.75) is 20.3 Å². The van der Waals surface area contributed by atoms with Crippen molar-refractivity contribution in [3.05, 3.63) is 35.4 Å². The summed E-state index contributed by atoms with van der Waals surface area (Å²) in [5.41, 5.74) is 1.41. The average molecular weight is 206 g/mol. The number of allylic oxidation sites excluding steroid dienone is 2. The smallest absolute Gasteiger partial charge is 0.339 e. The number of carboxylic acids is 1. The highest BCUT2D eigenvalue weighted by molar-refractivity contribution is 5.93. The maximum Gasteiger partial charge on any atom is 0.339 e. The maximum atomic E-state index is 10.8. The van der Waals surface area contributed by atoms with Gasteiger partial charge >= 0.3 is 5.97 Å². The lowest BCUT2D eigenvalue weighted by molar-refractivity contribution is 0.0693. The summed E-state index contributed by atoms with van der Waals surface area (Å²) in [6, 6.07) is 4.73. The first-order valence-electron chi connectivity index (χ1n) is 4.80. The summed E-state index contributed by atoms with van der Waals surface area (Å²) in [5.74, 6) is -1.27. The van der Waals surface area contributed by atoms with Crippen molar-refractivity contribution >= 4 is 11.5 Å². The fourth-order valence-electron chi connectivity index (χ4n) is 1.45. The first-order valence-corrected chi connectivity index (χ1v) is 4.80. The molecule has 3 nitrogen and oxygen atoms in total. The molecule has 1 rings (SSSR count). The Kier molecular flexibility index (Phi) is 3.50. The largest absolute Gasteiger partial charge is 0.506 e. The number of phenols is 1. The Labute approximate surface area is 88.7 Å². The number of hydrogen-bond acceptors (Lipinski definition) is 2. The van der Waals surface area contributed by atoms with Crippen LogP contribution < -0.4 is 0 Å². The van der Waals surface area contributed by atoms with Gasteiger partial charge in [0.1, 0.15) is 11.3 Å². The number of hydrogen-bond donors (Lipinski definition) is 2. The number of para-hydroxylation sites is 1. The fraction of sp³-hybridized carbons (Fsp3) is 0.250. The molecule has 0 bridgehead atoms. The topological polar surface area (TPSA) is 57.5 Å². The van der Waals surface area contributed by atoms with Gasteiger partial charge in [0, 0.05) is 5.56 Å². The maximum absolute atomic E-state index is 10.8. The summed E-state index contributed by atoms with van der Waals surface area (Å²) >= 11 is 0. The molecule has 0 saturated carbocycles. The van der Waals surface area contributed by atoms with Crippen LogP contribution >= 0.6 is 0 Å². The van der Waals surface area contributed by atoms with E-state index < -0.39 is 5.97 Å². The highest BCUT2D eigenvalue weighted by Crippen LogP contribution is 2.28. The van der Waals surface area contributed by atoms with Crippen LogP contribution in [0.5, 0.6) is 5.75 Å². The van der Waals surface area contributed by atoms with E-state index in [4.69, 9.17) is 5.11 Å². The lowest BCUT2D eigenvalue weighted by Crippen LogP contribution is -1.98. The van der Waals surface area contributed by atoms with Crippen LogP contribution in [0.4, 0.5) is 0 Å². The van der Waals surface area contributed by atoms with E-state index in [1.807, 2.05) is 19.9 Å². The van der Waals surface area contributed by atoms with Crippen molar-refractivity contribution < 1.29 is 15.0 Å². The molecule has 15 heavy (non-hydrogen) atoms. The highest BCUT2D eigenvalue weighted by Gasteiger charge is 2.13. The van der Waals surface area contributed by atoms with Gasteiger partial charge in [0.05, 0.1) is 0 Å². The summed E-state index contributed by atoms with van der Waals surface area (Å²) in [6.07, 6.45) is 2.79. The molecular weight excluding hydrogens is 192 g/mol. The molecule has 3 heteroatoms. The third-order valence-corrected chi connectivity index (χ3v) is 2.20. The number of carbonyl (C=O) groups is 1. The Balaban J connectivity index is 3.27. The van der Waals surface area contributed by atoms with Gasteiger partial charge in [-0.3, -0.25) is 0 Å². The molecular formula is C12H14O3. The van der Waals surface area contributed by atoms with E-state index in [2.05, 4.69) is 0 Å². The van der Waals surface area contributed by atoms with E-state index >= 15 is 0 Å². The minimum atomic E-state index is -1.11. The highest BCUT2D eigenvalue weighted by atomic mass is 16.4. The van der Waals surface area contributed by atoms with Crippen LogP contribution in [-0.4, -0.2) is 16.2 Å². The summed E-state index contributed by atoms with van der Waals surface area (Å²) in [5, 5.41) is 18.6. The van der Waals surface area contributed by atoms with E-state index in [9.17, 15) is 9.90 Å². The third kappa shape index (κ3) is 2.37. The van der Waals surface area contributed by atoms with Gasteiger partial charge in [-0.15, -0.1) is 0 Å². The van der Waals surface area contributed by atoms with E-state index in [1.54, 1.807) is 12.1 Å². The van der Waals surface area contributed by atoms with Crippen molar-refractivity contribution in [1.29, 1.82) is 0 Å². The quantitative estimate of drug-likeness (QED) is 0.799. The van der Waals surface area contributed by atoms with Gasteiger partial charge in [-0.05, 0) is 25.0 Å². The van der Waals surface area contributed by atoms with Crippen LogP contribution in [0.25, 0.3) is 5.57 Å². The van der Waals surface area contributed by atoms with Crippen molar-refractivity contribution in [3.63, 3.8) is 0 Å². The van der Waals surface area contributed by atoms with Crippen molar-refractivity contribution in [3.8, 4) is 5.75 Å². The van der Waals surface area contributed by atoms with Crippen LogP contribution in [0.15, 0.2) is 24.3 Å². The molecule has 0 unspecified atom stereocenters. The second-order valence-corrected chi connectivity index (χ2v) is 3.30. The Morgan fingerprint density at radius 2 is 2.00 bits per heavy atom. The van der Waals surface area contributed by atoms with Crippen molar-refractivity contribution in [2.24, 2.45) is 0 Å². The minimum Gasteiger partial charge on any atom is -0.506 e. The molecule has 0 aromatic heterocycles. The molecule has 0 atom stereocenters. The number of aromatic carboxylic acids is 1. The summed E-state index contributed by atoms with van der Waals surface area (Å²) in [4.78, 5) is 10.8. The van der Waals surface area contributed by atoms with E-state index in [1.165, 1.54) is 6.07 Å². The van der Waals surface area contributed by atoms with Gasteiger partial charge in [0.15, 0.2) is 0 Å². The third-order valence-electron chi connectivity index (χ3n) is 2.20. The van der Waals surface area contributed by atoms with E-state index in [0.717, 1.165) is 12.0 Å². The van der Waals surface area contributed by atoms with E-state index in [0.29, 0.717) is 5.56 Å². The summed E-state index contributed by atoms with van der Waals surface area (Å²) in [7, 11) is 0. The van der Waals surface area contributed by atoms with E-state index in [-0.39, 0.29) is 11.3 Å². The first kappa shape index (κ1) is 11.3. The van der Waals surface area contributed by atoms with Crippen LogP contribution in [0.1, 0.15) is 36.2 Å². The molecule has 0 aliphatic carbocycles. The van der Waals surface area contributed by atoms with Crippen molar-refractivity contribution in [2.75, 3.05) is 0 Å². The summed E-state index contributed by atoms with van der Waals surface area (Å²) < 4.78 is 0. The van der Waals surface area contributed by atoms with Crippen LogP contribution in [0.2, 0.25) is 0 Å². The molecule has 0 radical (unpaired) electrons. The normalized spacial score (nSPS) is 11.5. The monoisotopic (exact) mass is 206 g/mol. The first-order chi connectivity index (χ1) is 7.07. The lowest BCUT2D eigenvalue weighted by atomic mass is 10.0. The molecule has 0 aliphatic heterocycles. The zero-order valence-electron chi connectivity index (χ0n) is 8.82. The molecule has 0 amide bonds.